The maximum atomic E-state index is 10.0. The molecule has 1 heterocycles. The molecule has 0 aliphatic rings. The van der Waals surface area contributed by atoms with Crippen molar-refractivity contribution in [3.63, 3.8) is 0 Å². The molecule has 0 fully saturated rings. The summed E-state index contributed by atoms with van der Waals surface area (Å²) in [6, 6.07) is 3.60. The van der Waals surface area contributed by atoms with Crippen molar-refractivity contribution in [2.75, 3.05) is 0 Å². The molecule has 1 aromatic heterocycles. The summed E-state index contributed by atoms with van der Waals surface area (Å²) in [6.07, 6.45) is 4.01. The highest BCUT2D eigenvalue weighted by atomic mass is 16.6. The Bertz CT molecular complexity index is 336. The molecule has 6 nitrogen and oxygen atoms in total. The minimum absolute atomic E-state index is 0.0341. The van der Waals surface area contributed by atoms with Gasteiger partial charge in [0.2, 0.25) is 0 Å². The fourth-order valence-corrected chi connectivity index (χ4v) is 0.864. The molecule has 0 aliphatic carbocycles. The average Bonchev–Trinajstić information content (AvgIpc) is 2.15. The maximum absolute atomic E-state index is 10.0. The van der Waals surface area contributed by atoms with Crippen molar-refractivity contribution >= 4 is 0 Å². The van der Waals surface area contributed by atoms with Crippen LogP contribution in [0, 0.1) is 10.1 Å². The van der Waals surface area contributed by atoms with Gasteiger partial charge in [-0.1, -0.05) is 0 Å². The molecule has 0 bridgehead atoms. The van der Waals surface area contributed by atoms with Crippen LogP contribution in [0.5, 0.6) is 0 Å². The molecule has 0 aliphatic heterocycles. The van der Waals surface area contributed by atoms with Crippen molar-refractivity contribution in [3.05, 3.63) is 52.2 Å². The van der Waals surface area contributed by atoms with Gasteiger partial charge in [-0.05, 0) is 17.7 Å². The zero-order chi connectivity index (χ0) is 10.4. The van der Waals surface area contributed by atoms with Gasteiger partial charge in [0.05, 0.1) is 4.92 Å². The second kappa shape index (κ2) is 4.80. The highest BCUT2D eigenvalue weighted by molar-refractivity contribution is 5.10. The topological polar surface area (TPSA) is 94.1 Å². The molecular weight excluding hydrogens is 184 g/mol. The van der Waals surface area contributed by atoms with Crippen molar-refractivity contribution < 1.29 is 4.92 Å². The number of nitrogens with zero attached hydrogens (tertiary/aromatic N) is 2. The molecule has 0 saturated heterocycles. The van der Waals surface area contributed by atoms with E-state index in [0.29, 0.717) is 6.54 Å². The maximum Gasteiger partial charge on any atom is 0.273 e. The van der Waals surface area contributed by atoms with Crippen molar-refractivity contribution in [1.29, 1.82) is 0 Å². The molecule has 0 radical (unpaired) electrons. The van der Waals surface area contributed by atoms with Gasteiger partial charge in [0, 0.05) is 18.9 Å². The first-order valence-corrected chi connectivity index (χ1v) is 3.92. The Balaban J connectivity index is 2.45. The second-order valence-electron chi connectivity index (χ2n) is 2.58. The summed E-state index contributed by atoms with van der Waals surface area (Å²) < 4.78 is 0. The van der Waals surface area contributed by atoms with Crippen LogP contribution in [0.1, 0.15) is 5.56 Å². The number of pyridine rings is 1. The van der Waals surface area contributed by atoms with Crippen LogP contribution in [0.3, 0.4) is 0 Å². The lowest BCUT2D eigenvalue weighted by molar-refractivity contribution is -0.403. The fraction of sp³-hybridized carbons (Fsp3) is 0.125. The predicted octanol–water partition coefficient (Wildman–Crippen LogP) is 0.205. The van der Waals surface area contributed by atoms with Gasteiger partial charge in [0.25, 0.3) is 6.20 Å². The first kappa shape index (κ1) is 9.97. The van der Waals surface area contributed by atoms with Crippen LogP contribution >= 0.6 is 0 Å². The number of hydrogen-bond donors (Lipinski definition) is 2. The molecule has 3 N–H and O–H groups in total. The van der Waals surface area contributed by atoms with E-state index < -0.39 is 4.92 Å². The Hall–Kier alpha value is -2.11. The van der Waals surface area contributed by atoms with Gasteiger partial charge in [-0.3, -0.25) is 15.1 Å². The Kier molecular flexibility index (Phi) is 3.42. The Labute approximate surface area is 80.6 Å². The van der Waals surface area contributed by atoms with Gasteiger partial charge in [0.15, 0.2) is 5.82 Å². The summed E-state index contributed by atoms with van der Waals surface area (Å²) in [7, 11) is 0. The van der Waals surface area contributed by atoms with Crippen molar-refractivity contribution in [2.45, 2.75) is 6.54 Å². The highest BCUT2D eigenvalue weighted by Gasteiger charge is 1.96. The van der Waals surface area contributed by atoms with Crippen LogP contribution < -0.4 is 11.1 Å². The van der Waals surface area contributed by atoms with E-state index in [9.17, 15) is 10.1 Å². The minimum atomic E-state index is -0.602. The number of nitrogens with one attached hydrogen (secondary N) is 1. The lowest BCUT2D eigenvalue weighted by Crippen LogP contribution is -2.20. The third-order valence-corrected chi connectivity index (χ3v) is 1.49. The van der Waals surface area contributed by atoms with E-state index in [0.717, 1.165) is 11.8 Å². The Morgan fingerprint density at radius 1 is 1.64 bits per heavy atom. The van der Waals surface area contributed by atoms with E-state index in [4.69, 9.17) is 5.73 Å². The molecule has 0 unspecified atom stereocenters. The summed E-state index contributed by atoms with van der Waals surface area (Å²) in [6.45, 7) is 0.443. The summed E-state index contributed by atoms with van der Waals surface area (Å²) >= 11 is 0. The number of nitrogens with two attached hydrogens (primary N) is 1. The first-order valence-electron chi connectivity index (χ1n) is 3.92. The van der Waals surface area contributed by atoms with Crippen molar-refractivity contribution in [1.82, 2.24) is 10.3 Å². The Morgan fingerprint density at radius 3 is 2.86 bits per heavy atom. The minimum Gasteiger partial charge on any atom is -0.380 e. The van der Waals surface area contributed by atoms with E-state index in [-0.39, 0.29) is 5.82 Å². The average molecular weight is 194 g/mol. The second-order valence-corrected chi connectivity index (χ2v) is 2.58. The summed E-state index contributed by atoms with van der Waals surface area (Å²) in [5, 5.41) is 12.7. The molecule has 74 valence electrons. The molecule has 14 heavy (non-hydrogen) atoms. The standard InChI is InChI=1S/C8H10N4O2/c9-8(6-12(13)14)11-5-7-1-3-10-4-2-7/h1-4,6,11H,5,9H2. The van der Waals surface area contributed by atoms with Crippen LogP contribution in [-0.4, -0.2) is 9.91 Å². The normalized spacial score (nSPS) is 11.0. The quantitative estimate of drug-likeness (QED) is 0.527. The number of nitro groups is 1. The van der Waals surface area contributed by atoms with Crippen LogP contribution in [-0.2, 0) is 6.54 Å². The van der Waals surface area contributed by atoms with Crippen molar-refractivity contribution in [3.8, 4) is 0 Å². The van der Waals surface area contributed by atoms with E-state index >= 15 is 0 Å². The monoisotopic (exact) mass is 194 g/mol. The molecule has 0 saturated carbocycles. The third-order valence-electron chi connectivity index (χ3n) is 1.49. The molecule has 0 atom stereocenters. The number of hydrogen-bond acceptors (Lipinski definition) is 5. The summed E-state index contributed by atoms with van der Waals surface area (Å²) in [4.78, 5) is 13.3. The van der Waals surface area contributed by atoms with E-state index in [1.165, 1.54) is 0 Å². The molecule has 0 spiro atoms. The predicted molar refractivity (Wildman–Crippen MR) is 50.3 cm³/mol. The molecule has 0 aromatic carbocycles. The molecule has 1 aromatic rings. The summed E-state index contributed by atoms with van der Waals surface area (Å²) in [5.74, 6) is 0.0341. The third kappa shape index (κ3) is 3.53. The van der Waals surface area contributed by atoms with E-state index in [2.05, 4.69) is 10.3 Å². The van der Waals surface area contributed by atoms with Gasteiger partial charge in [0.1, 0.15) is 0 Å². The summed E-state index contributed by atoms with van der Waals surface area (Å²) in [5.41, 5.74) is 6.27. The largest absolute Gasteiger partial charge is 0.380 e. The van der Waals surface area contributed by atoms with Crippen LogP contribution in [0.4, 0.5) is 0 Å². The molecular formula is C8H10N4O2. The number of rotatable bonds is 4. The van der Waals surface area contributed by atoms with Gasteiger partial charge < -0.3 is 11.1 Å². The Morgan fingerprint density at radius 2 is 2.29 bits per heavy atom. The zero-order valence-electron chi connectivity index (χ0n) is 7.38. The number of aromatic nitrogens is 1. The van der Waals surface area contributed by atoms with Crippen LogP contribution in [0.2, 0.25) is 0 Å². The van der Waals surface area contributed by atoms with Gasteiger partial charge in [-0.15, -0.1) is 0 Å². The van der Waals surface area contributed by atoms with Gasteiger partial charge in [-0.2, -0.15) is 0 Å². The lowest BCUT2D eigenvalue weighted by atomic mass is 10.3. The molecule has 1 rings (SSSR count). The SMILES string of the molecule is NC(=C[N+](=O)[O-])NCc1ccncc1. The lowest BCUT2D eigenvalue weighted by Gasteiger charge is -2.03. The molecule has 0 amide bonds. The highest BCUT2D eigenvalue weighted by Crippen LogP contribution is 1.95. The fourth-order valence-electron chi connectivity index (χ4n) is 0.864. The first-order chi connectivity index (χ1) is 6.68. The van der Waals surface area contributed by atoms with Crippen molar-refractivity contribution in [2.24, 2.45) is 5.73 Å². The van der Waals surface area contributed by atoms with Gasteiger partial charge in [-0.25, -0.2) is 0 Å². The van der Waals surface area contributed by atoms with Gasteiger partial charge >= 0.3 is 0 Å². The smallest absolute Gasteiger partial charge is 0.273 e. The van der Waals surface area contributed by atoms with Crippen LogP contribution in [0.25, 0.3) is 0 Å². The van der Waals surface area contributed by atoms with E-state index in [1.54, 1.807) is 24.5 Å². The van der Waals surface area contributed by atoms with Crippen LogP contribution in [0.15, 0.2) is 36.5 Å². The molecule has 6 heteroatoms. The van der Waals surface area contributed by atoms with E-state index in [1.807, 2.05) is 0 Å². The zero-order valence-corrected chi connectivity index (χ0v) is 7.38.